The third-order valence-electron chi connectivity index (χ3n) is 17.1. The van der Waals surface area contributed by atoms with Crippen LogP contribution in [0.5, 0.6) is 0 Å². The van der Waals surface area contributed by atoms with Crippen molar-refractivity contribution < 1.29 is 80.2 Å². The van der Waals surface area contributed by atoms with Crippen LogP contribution >= 0.6 is 15.6 Å². The summed E-state index contributed by atoms with van der Waals surface area (Å²) >= 11 is 0. The van der Waals surface area contributed by atoms with E-state index in [1.165, 1.54) is 103 Å². The number of hydrogen-bond acceptors (Lipinski definition) is 15. The molecule has 0 fully saturated rings. The lowest BCUT2D eigenvalue weighted by atomic mass is 10.0. The van der Waals surface area contributed by atoms with Crippen LogP contribution in [0.1, 0.15) is 336 Å². The predicted molar refractivity (Wildman–Crippen MR) is 436 cm³/mol. The molecule has 0 aromatic carbocycles. The van der Waals surface area contributed by atoms with Gasteiger partial charge in [0.15, 0.2) is 12.2 Å². The third kappa shape index (κ3) is 77.4. The minimum Gasteiger partial charge on any atom is -0.462 e. The number of rotatable bonds is 77. The standard InChI is InChI=1S/C87H148O17P2/c1-5-9-13-17-21-25-29-33-36-38-40-42-45-48-52-56-60-64-68-72-85(90)98-78-83(104-87(92)74-70-66-62-58-54-50-46-43-41-39-37-34-30-26-22-18-14-10-6-2)80-102-106(95,96)100-76-81(88)75-99-105(93,94)101-79-82(77-97-84(89)71-67-63-59-55-51-47-32-28-24-20-16-12-8-4)103-86(91)73-69-65-61-57-53-49-44-35-31-27-23-19-15-11-7-3/h9,13,21-22,25-27,31,33-34,36-37,40-43,48,50,52,54,62,66,81-83,88H,5-8,10-12,14-20,23-24,28-30,32,35,38-39,44-47,49,51,53,55-61,63-65,67-80H2,1-4H3,(H,93,94)(H,95,96)/b13-9-,25-21-,26-22-,31-27-,36-33-,37-34-,42-40-,43-41-,52-48-,54-50-,66-62-/t81-,82+,83+/m0/s1. The van der Waals surface area contributed by atoms with Gasteiger partial charge in [0, 0.05) is 25.7 Å². The van der Waals surface area contributed by atoms with E-state index in [-0.39, 0.29) is 25.7 Å². The molecule has 0 spiro atoms. The SMILES string of the molecule is CC/C=C\C/C=C\C/C=C\C/C=C\C/C=C\CCCCCC(=O)OC[C@H](COP(=O)(O)OC[C@@H](O)COP(=O)(O)OC[C@@H](COC(=O)CCCCCCCCCCCCCCC)OC(=O)CCCCCCCCC/C=C\CCCCCC)OC(=O)CC/C=C\C/C=C\C/C=C\C/C=C\C/C=C\CCCCC. The number of ether oxygens (including phenoxy) is 4. The Labute approximate surface area is 644 Å². The number of aliphatic hydroxyl groups is 1. The van der Waals surface area contributed by atoms with Crippen LogP contribution in [-0.4, -0.2) is 96.7 Å². The van der Waals surface area contributed by atoms with Crippen LogP contribution in [0.2, 0.25) is 0 Å². The molecule has 0 aliphatic heterocycles. The largest absolute Gasteiger partial charge is 0.472 e. The molecule has 17 nitrogen and oxygen atoms in total. The molecule has 0 rings (SSSR count). The smallest absolute Gasteiger partial charge is 0.462 e. The number of aliphatic hydroxyl groups excluding tert-OH is 1. The fraction of sp³-hybridized carbons (Fsp3) is 0.701. The van der Waals surface area contributed by atoms with Gasteiger partial charge in [0.2, 0.25) is 0 Å². The van der Waals surface area contributed by atoms with Crippen molar-refractivity contribution in [1.29, 1.82) is 0 Å². The molecular weight excluding hydrogens is 1380 g/mol. The van der Waals surface area contributed by atoms with Crippen LogP contribution in [-0.2, 0) is 65.4 Å². The van der Waals surface area contributed by atoms with Crippen molar-refractivity contribution in [2.24, 2.45) is 0 Å². The first-order chi connectivity index (χ1) is 51.7. The van der Waals surface area contributed by atoms with Crippen molar-refractivity contribution in [3.63, 3.8) is 0 Å². The molecule has 0 saturated carbocycles. The van der Waals surface area contributed by atoms with E-state index in [9.17, 15) is 43.2 Å². The summed E-state index contributed by atoms with van der Waals surface area (Å²) in [7, 11) is -10.00. The minimum atomic E-state index is -5.01. The maximum atomic E-state index is 13.1. The van der Waals surface area contributed by atoms with E-state index in [4.69, 9.17) is 37.0 Å². The number of carbonyl (C=O) groups is 4. The van der Waals surface area contributed by atoms with Gasteiger partial charge in [-0.15, -0.1) is 0 Å². The van der Waals surface area contributed by atoms with Gasteiger partial charge >= 0.3 is 39.5 Å². The molecular formula is C87H148O17P2. The Morgan fingerprint density at radius 1 is 0.274 bits per heavy atom. The summed E-state index contributed by atoms with van der Waals surface area (Å²) in [6.07, 6.45) is 88.6. The first-order valence-corrected chi connectivity index (χ1v) is 44.4. The van der Waals surface area contributed by atoms with Gasteiger partial charge < -0.3 is 33.8 Å². The van der Waals surface area contributed by atoms with Crippen LogP contribution in [0.15, 0.2) is 134 Å². The Hall–Kier alpha value is -4.80. The van der Waals surface area contributed by atoms with E-state index in [1.807, 2.05) is 18.2 Å². The number of esters is 4. The van der Waals surface area contributed by atoms with Crippen LogP contribution in [0, 0.1) is 0 Å². The molecule has 0 heterocycles. The second kappa shape index (κ2) is 78.3. The number of allylic oxidation sites excluding steroid dienone is 22. The molecule has 0 aromatic heterocycles. The summed E-state index contributed by atoms with van der Waals surface area (Å²) in [6, 6.07) is 0. The average Bonchev–Trinajstić information content (AvgIpc) is 0.903. The zero-order chi connectivity index (χ0) is 77.4. The summed E-state index contributed by atoms with van der Waals surface area (Å²) in [5.74, 6) is -2.30. The van der Waals surface area contributed by atoms with E-state index >= 15 is 0 Å². The summed E-state index contributed by atoms with van der Waals surface area (Å²) < 4.78 is 68.6. The van der Waals surface area contributed by atoms with Gasteiger partial charge in [0.05, 0.1) is 26.4 Å². The van der Waals surface area contributed by atoms with Gasteiger partial charge in [0.25, 0.3) is 0 Å². The lowest BCUT2D eigenvalue weighted by Crippen LogP contribution is -2.30. The van der Waals surface area contributed by atoms with Crippen LogP contribution in [0.4, 0.5) is 0 Å². The van der Waals surface area contributed by atoms with Gasteiger partial charge in [-0.05, 0) is 135 Å². The van der Waals surface area contributed by atoms with Gasteiger partial charge in [-0.1, -0.05) is 309 Å². The van der Waals surface area contributed by atoms with E-state index in [0.29, 0.717) is 32.1 Å². The van der Waals surface area contributed by atoms with Crippen molar-refractivity contribution in [2.75, 3.05) is 39.6 Å². The Morgan fingerprint density at radius 3 is 0.858 bits per heavy atom. The van der Waals surface area contributed by atoms with Gasteiger partial charge in [-0.2, -0.15) is 0 Å². The second-order valence-electron chi connectivity index (χ2n) is 27.3. The Kier molecular flexibility index (Phi) is 74.8. The summed E-state index contributed by atoms with van der Waals surface area (Å²) in [6.45, 7) is 4.62. The molecule has 608 valence electrons. The molecule has 0 amide bonds. The van der Waals surface area contributed by atoms with E-state index in [0.717, 1.165) is 148 Å². The minimum absolute atomic E-state index is 0.0392. The van der Waals surface area contributed by atoms with Crippen molar-refractivity contribution in [3.8, 4) is 0 Å². The van der Waals surface area contributed by atoms with E-state index in [1.54, 1.807) is 0 Å². The molecule has 0 bridgehead atoms. The number of phosphoric ester groups is 2. The zero-order valence-electron chi connectivity index (χ0n) is 66.6. The van der Waals surface area contributed by atoms with Crippen LogP contribution in [0.3, 0.4) is 0 Å². The highest BCUT2D eigenvalue weighted by atomic mass is 31.2. The number of carbonyl (C=O) groups excluding carboxylic acids is 4. The highest BCUT2D eigenvalue weighted by Crippen LogP contribution is 2.45. The van der Waals surface area contributed by atoms with Crippen molar-refractivity contribution >= 4 is 39.5 Å². The molecule has 2 unspecified atom stereocenters. The van der Waals surface area contributed by atoms with Crippen molar-refractivity contribution in [2.45, 2.75) is 354 Å². The predicted octanol–water partition coefficient (Wildman–Crippen LogP) is 24.4. The molecule has 106 heavy (non-hydrogen) atoms. The summed E-state index contributed by atoms with van der Waals surface area (Å²) in [5, 5.41) is 10.7. The quantitative estimate of drug-likeness (QED) is 0.0169. The van der Waals surface area contributed by atoms with Crippen molar-refractivity contribution in [3.05, 3.63) is 134 Å². The lowest BCUT2D eigenvalue weighted by molar-refractivity contribution is -0.161. The number of unbranched alkanes of at least 4 members (excludes halogenated alkanes) is 29. The van der Waals surface area contributed by atoms with E-state index < -0.39 is 97.5 Å². The molecule has 3 N–H and O–H groups in total. The molecule has 0 aliphatic carbocycles. The topological polar surface area (TPSA) is 237 Å². The number of hydrogen-bond donors (Lipinski definition) is 3. The highest BCUT2D eigenvalue weighted by molar-refractivity contribution is 7.47. The monoisotopic (exact) mass is 1530 g/mol. The fourth-order valence-electron chi connectivity index (χ4n) is 10.8. The first-order valence-electron chi connectivity index (χ1n) is 41.4. The zero-order valence-corrected chi connectivity index (χ0v) is 68.4. The summed E-state index contributed by atoms with van der Waals surface area (Å²) in [4.78, 5) is 73.1. The van der Waals surface area contributed by atoms with Crippen molar-refractivity contribution in [1.82, 2.24) is 0 Å². The fourth-order valence-corrected chi connectivity index (χ4v) is 12.4. The molecule has 0 radical (unpaired) electrons. The van der Waals surface area contributed by atoms with Gasteiger partial charge in [-0.25, -0.2) is 9.13 Å². The lowest BCUT2D eigenvalue weighted by Gasteiger charge is -2.21. The van der Waals surface area contributed by atoms with Crippen LogP contribution in [0.25, 0.3) is 0 Å². The third-order valence-corrected chi connectivity index (χ3v) is 19.0. The second-order valence-corrected chi connectivity index (χ2v) is 30.2. The Bertz CT molecular complexity index is 2530. The molecule has 0 aromatic rings. The molecule has 19 heteroatoms. The average molecular weight is 1530 g/mol. The maximum absolute atomic E-state index is 13.1. The molecule has 0 aliphatic rings. The van der Waals surface area contributed by atoms with Crippen LogP contribution < -0.4 is 0 Å². The molecule has 5 atom stereocenters. The number of phosphoric acid groups is 2. The van der Waals surface area contributed by atoms with Gasteiger partial charge in [-0.3, -0.25) is 37.3 Å². The van der Waals surface area contributed by atoms with E-state index in [2.05, 4.69) is 143 Å². The Morgan fingerprint density at radius 2 is 0.509 bits per heavy atom. The maximum Gasteiger partial charge on any atom is 0.472 e. The first kappa shape index (κ1) is 101. The van der Waals surface area contributed by atoms with Gasteiger partial charge in [0.1, 0.15) is 19.3 Å². The summed E-state index contributed by atoms with van der Waals surface area (Å²) in [5.41, 5.74) is 0. The normalized spacial score (nSPS) is 14.5. The Balaban J connectivity index is 5.47. The highest BCUT2D eigenvalue weighted by Gasteiger charge is 2.30. The molecule has 0 saturated heterocycles.